The summed E-state index contributed by atoms with van der Waals surface area (Å²) in [5, 5.41) is 2.98. The fourth-order valence-electron chi connectivity index (χ4n) is 2.49. The number of likely N-dealkylation sites (tertiary alicyclic amines) is 1. The largest absolute Gasteiger partial charge is 0.398 e. The smallest absolute Gasteiger partial charge is 0.253 e. The van der Waals surface area contributed by atoms with E-state index < -0.39 is 0 Å². The van der Waals surface area contributed by atoms with E-state index in [4.69, 9.17) is 10.5 Å². The van der Waals surface area contributed by atoms with E-state index in [-0.39, 0.29) is 24.5 Å². The lowest BCUT2D eigenvalue weighted by molar-refractivity contribution is -0.136. The van der Waals surface area contributed by atoms with Crippen molar-refractivity contribution in [3.63, 3.8) is 0 Å². The predicted molar refractivity (Wildman–Crippen MR) is 87.5 cm³/mol. The lowest BCUT2D eigenvalue weighted by Gasteiger charge is -2.32. The normalized spacial score (nSPS) is 15.6. The summed E-state index contributed by atoms with van der Waals surface area (Å²) in [6.45, 7) is 1.36. The third-order valence-electron chi connectivity index (χ3n) is 3.71. The van der Waals surface area contributed by atoms with E-state index in [2.05, 4.69) is 21.2 Å². The second-order valence-electron chi connectivity index (χ2n) is 5.29. The SMILES string of the molecule is COCC(=O)N1CCC(NC(=O)c2ccc(Br)cc2N)CC1. The Morgan fingerprint density at radius 2 is 2.09 bits per heavy atom. The molecule has 1 aromatic rings. The molecular weight excluding hydrogens is 350 g/mol. The van der Waals surface area contributed by atoms with Crippen molar-refractivity contribution in [2.24, 2.45) is 0 Å². The molecule has 6 nitrogen and oxygen atoms in total. The van der Waals surface area contributed by atoms with Gasteiger partial charge in [-0.25, -0.2) is 0 Å². The average Bonchev–Trinajstić information content (AvgIpc) is 2.48. The molecule has 1 aliphatic heterocycles. The van der Waals surface area contributed by atoms with Gasteiger partial charge < -0.3 is 20.7 Å². The molecular formula is C15H20BrN3O3. The van der Waals surface area contributed by atoms with E-state index in [0.29, 0.717) is 24.3 Å². The second-order valence-corrected chi connectivity index (χ2v) is 6.21. The molecule has 2 rings (SSSR count). The number of nitrogen functional groups attached to an aromatic ring is 1. The highest BCUT2D eigenvalue weighted by molar-refractivity contribution is 9.10. The molecule has 1 fully saturated rings. The van der Waals surface area contributed by atoms with Crippen molar-refractivity contribution in [3.8, 4) is 0 Å². The quantitative estimate of drug-likeness (QED) is 0.785. The number of ether oxygens (including phenoxy) is 1. The third-order valence-corrected chi connectivity index (χ3v) is 4.20. The number of nitrogens with one attached hydrogen (secondary N) is 1. The van der Waals surface area contributed by atoms with E-state index in [1.165, 1.54) is 7.11 Å². The zero-order chi connectivity index (χ0) is 16.1. The van der Waals surface area contributed by atoms with Crippen LogP contribution >= 0.6 is 15.9 Å². The summed E-state index contributed by atoms with van der Waals surface area (Å²) in [4.78, 5) is 25.7. The van der Waals surface area contributed by atoms with Gasteiger partial charge >= 0.3 is 0 Å². The van der Waals surface area contributed by atoms with Gasteiger partial charge in [0.15, 0.2) is 0 Å². The molecule has 22 heavy (non-hydrogen) atoms. The summed E-state index contributed by atoms with van der Waals surface area (Å²) in [6.07, 6.45) is 1.47. The number of carbonyl (C=O) groups is 2. The van der Waals surface area contributed by atoms with Crippen molar-refractivity contribution in [2.45, 2.75) is 18.9 Å². The summed E-state index contributed by atoms with van der Waals surface area (Å²) < 4.78 is 5.69. The van der Waals surface area contributed by atoms with Crippen LogP contribution in [-0.2, 0) is 9.53 Å². The molecule has 0 bridgehead atoms. The van der Waals surface area contributed by atoms with Gasteiger partial charge in [-0.15, -0.1) is 0 Å². The molecule has 0 saturated carbocycles. The number of hydrogen-bond donors (Lipinski definition) is 2. The van der Waals surface area contributed by atoms with E-state index in [1.54, 1.807) is 23.1 Å². The van der Waals surface area contributed by atoms with Crippen molar-refractivity contribution in [1.29, 1.82) is 0 Å². The van der Waals surface area contributed by atoms with Crippen molar-refractivity contribution >= 4 is 33.4 Å². The number of halogens is 1. The molecule has 1 aliphatic rings. The lowest BCUT2D eigenvalue weighted by Crippen LogP contribution is -2.47. The molecule has 2 amide bonds. The van der Waals surface area contributed by atoms with Gasteiger partial charge in [0.1, 0.15) is 6.61 Å². The number of carbonyl (C=O) groups excluding carboxylic acids is 2. The van der Waals surface area contributed by atoms with Gasteiger partial charge in [0.05, 0.1) is 5.56 Å². The minimum Gasteiger partial charge on any atom is -0.398 e. The first-order valence-corrected chi connectivity index (χ1v) is 7.93. The molecule has 0 spiro atoms. The van der Waals surface area contributed by atoms with Crippen LogP contribution < -0.4 is 11.1 Å². The number of piperidine rings is 1. The van der Waals surface area contributed by atoms with Crippen LogP contribution in [0.5, 0.6) is 0 Å². The fourth-order valence-corrected chi connectivity index (χ4v) is 2.87. The van der Waals surface area contributed by atoms with Crippen LogP contribution in [0.3, 0.4) is 0 Å². The van der Waals surface area contributed by atoms with Gasteiger partial charge in [-0.05, 0) is 31.0 Å². The van der Waals surface area contributed by atoms with Crippen LogP contribution in [0, 0.1) is 0 Å². The lowest BCUT2D eigenvalue weighted by atomic mass is 10.0. The summed E-state index contributed by atoms with van der Waals surface area (Å²) in [5.74, 6) is -0.184. The highest BCUT2D eigenvalue weighted by Gasteiger charge is 2.24. The standard InChI is InChI=1S/C15H20BrN3O3/c1-22-9-14(20)19-6-4-11(5-7-19)18-15(21)12-3-2-10(16)8-13(12)17/h2-3,8,11H,4-7,9,17H2,1H3,(H,18,21). The number of nitrogens with zero attached hydrogens (tertiary/aromatic N) is 1. The van der Waals surface area contributed by atoms with Crippen LogP contribution in [-0.4, -0.2) is 49.6 Å². The van der Waals surface area contributed by atoms with Crippen LogP contribution in [0.4, 0.5) is 5.69 Å². The van der Waals surface area contributed by atoms with Crippen molar-refractivity contribution in [2.75, 3.05) is 32.5 Å². The zero-order valence-corrected chi connectivity index (χ0v) is 14.1. The molecule has 3 N–H and O–H groups in total. The van der Waals surface area contributed by atoms with Crippen molar-refractivity contribution in [3.05, 3.63) is 28.2 Å². The van der Waals surface area contributed by atoms with Gasteiger partial charge in [0, 0.05) is 36.4 Å². The van der Waals surface area contributed by atoms with E-state index in [0.717, 1.165) is 17.3 Å². The first-order chi connectivity index (χ1) is 10.5. The highest BCUT2D eigenvalue weighted by Crippen LogP contribution is 2.19. The summed E-state index contributed by atoms with van der Waals surface area (Å²) in [7, 11) is 1.51. The number of rotatable bonds is 4. The number of anilines is 1. The predicted octanol–water partition coefficient (Wildman–Crippen LogP) is 1.40. The van der Waals surface area contributed by atoms with Gasteiger partial charge in [-0.2, -0.15) is 0 Å². The minimum absolute atomic E-state index is 0.00979. The molecule has 0 unspecified atom stereocenters. The fraction of sp³-hybridized carbons (Fsp3) is 0.467. The number of methoxy groups -OCH3 is 1. The van der Waals surface area contributed by atoms with Crippen molar-refractivity contribution in [1.82, 2.24) is 10.2 Å². The first kappa shape index (κ1) is 16.8. The monoisotopic (exact) mass is 369 g/mol. The van der Waals surface area contributed by atoms with E-state index in [9.17, 15) is 9.59 Å². The van der Waals surface area contributed by atoms with E-state index >= 15 is 0 Å². The highest BCUT2D eigenvalue weighted by atomic mass is 79.9. The van der Waals surface area contributed by atoms with Crippen molar-refractivity contribution < 1.29 is 14.3 Å². The van der Waals surface area contributed by atoms with Gasteiger partial charge in [-0.3, -0.25) is 9.59 Å². The van der Waals surface area contributed by atoms with Gasteiger partial charge in [0.25, 0.3) is 5.91 Å². The van der Waals surface area contributed by atoms with Crippen LogP contribution in [0.2, 0.25) is 0 Å². The number of nitrogens with two attached hydrogens (primary N) is 1. The van der Waals surface area contributed by atoms with E-state index in [1.807, 2.05) is 0 Å². The first-order valence-electron chi connectivity index (χ1n) is 7.14. The minimum atomic E-state index is -0.174. The third kappa shape index (κ3) is 4.20. The van der Waals surface area contributed by atoms with Crippen LogP contribution in [0.25, 0.3) is 0 Å². The van der Waals surface area contributed by atoms with Gasteiger partial charge in [0.2, 0.25) is 5.91 Å². The Bertz CT molecular complexity index is 557. The number of benzene rings is 1. The maximum absolute atomic E-state index is 12.3. The Labute approximate surface area is 138 Å². The maximum atomic E-state index is 12.3. The summed E-state index contributed by atoms with van der Waals surface area (Å²) >= 11 is 3.32. The number of amides is 2. The molecule has 1 saturated heterocycles. The second kappa shape index (κ2) is 7.60. The van der Waals surface area contributed by atoms with Crippen LogP contribution in [0.1, 0.15) is 23.2 Å². The van der Waals surface area contributed by atoms with Crippen LogP contribution in [0.15, 0.2) is 22.7 Å². The molecule has 0 aromatic heterocycles. The molecule has 1 heterocycles. The Hall–Kier alpha value is -1.60. The Kier molecular flexibility index (Phi) is 5.79. The topological polar surface area (TPSA) is 84.7 Å². The molecule has 1 aromatic carbocycles. The number of hydrogen-bond acceptors (Lipinski definition) is 4. The zero-order valence-electron chi connectivity index (χ0n) is 12.5. The molecule has 0 aliphatic carbocycles. The Balaban J connectivity index is 1.88. The summed E-state index contributed by atoms with van der Waals surface area (Å²) in [5.41, 5.74) is 6.78. The molecule has 0 radical (unpaired) electrons. The molecule has 120 valence electrons. The Morgan fingerprint density at radius 1 is 1.41 bits per heavy atom. The average molecular weight is 370 g/mol. The summed E-state index contributed by atoms with van der Waals surface area (Å²) in [6, 6.07) is 5.26. The maximum Gasteiger partial charge on any atom is 0.253 e. The van der Waals surface area contributed by atoms with Gasteiger partial charge in [-0.1, -0.05) is 15.9 Å². The molecule has 7 heteroatoms. The Morgan fingerprint density at radius 3 is 2.68 bits per heavy atom. The molecule has 0 atom stereocenters.